The lowest BCUT2D eigenvalue weighted by Gasteiger charge is -2.52. The lowest BCUT2D eigenvalue weighted by molar-refractivity contribution is 0.334. The molecule has 0 saturated heterocycles. The predicted molar refractivity (Wildman–Crippen MR) is 132 cm³/mol. The van der Waals surface area contributed by atoms with E-state index in [2.05, 4.69) is 77.6 Å². The predicted octanol–water partition coefficient (Wildman–Crippen LogP) is 7.20. The van der Waals surface area contributed by atoms with Crippen LogP contribution in [0.4, 0.5) is 0 Å². The molecule has 26 heavy (non-hydrogen) atoms. The molecule has 0 aliphatic rings. The molecule has 0 rings (SSSR count). The summed E-state index contributed by atoms with van der Waals surface area (Å²) >= 11 is 2.15. The summed E-state index contributed by atoms with van der Waals surface area (Å²) in [6, 6.07) is 8.62. The highest BCUT2D eigenvalue weighted by molar-refractivity contribution is 8.00. The Labute approximate surface area is 173 Å². The zero-order valence-corrected chi connectivity index (χ0v) is 23.4. The van der Waals surface area contributed by atoms with Crippen molar-refractivity contribution in [3.63, 3.8) is 0 Å². The van der Waals surface area contributed by atoms with Crippen molar-refractivity contribution in [2.45, 2.75) is 104 Å². The van der Waals surface area contributed by atoms with E-state index in [1.54, 1.807) is 0 Å². The largest absolute Gasteiger partial charge is 0.417 e. The molecule has 0 radical (unpaired) electrons. The molecule has 0 spiro atoms. The van der Waals surface area contributed by atoms with Crippen molar-refractivity contribution >= 4 is 36.6 Å². The summed E-state index contributed by atoms with van der Waals surface area (Å²) in [6.45, 7) is 24.0. The van der Waals surface area contributed by atoms with Gasteiger partial charge in [-0.15, -0.1) is 0 Å². The van der Waals surface area contributed by atoms with E-state index < -0.39 is 24.8 Å². The van der Waals surface area contributed by atoms with Crippen LogP contribution in [0.2, 0.25) is 49.4 Å². The molecule has 0 aliphatic heterocycles. The van der Waals surface area contributed by atoms with Gasteiger partial charge in [-0.1, -0.05) is 41.5 Å². The minimum Gasteiger partial charge on any atom is -0.417 e. The molecule has 0 unspecified atom stereocenters. The summed E-state index contributed by atoms with van der Waals surface area (Å²) in [6.07, 6.45) is 1.37. The Morgan fingerprint density at radius 3 is 1.50 bits per heavy atom. The normalized spacial score (nSPS) is 13.6. The van der Waals surface area contributed by atoms with Crippen LogP contribution >= 0.6 is 11.8 Å². The van der Waals surface area contributed by atoms with Gasteiger partial charge in [-0.05, 0) is 75.0 Å². The molecule has 0 amide bonds. The lowest BCUT2D eigenvalue weighted by Crippen LogP contribution is -2.66. The highest BCUT2D eigenvalue weighted by atomic mass is 32.2. The number of rotatable bonds is 16. The number of thioether (sulfide) groups is 1. The first-order chi connectivity index (χ1) is 12.3. The molecule has 0 heterocycles. The second-order valence-electron chi connectivity index (χ2n) is 8.32. The molecule has 0 aromatic carbocycles. The summed E-state index contributed by atoms with van der Waals surface area (Å²) in [4.78, 5) is 0. The van der Waals surface area contributed by atoms with E-state index in [1.165, 1.54) is 60.4 Å². The number of hydrogen-bond acceptors (Lipinski definition) is 3. The van der Waals surface area contributed by atoms with Crippen molar-refractivity contribution < 1.29 is 4.43 Å². The van der Waals surface area contributed by atoms with E-state index in [0.717, 1.165) is 6.61 Å². The van der Waals surface area contributed by atoms with Gasteiger partial charge in [0.15, 0.2) is 8.32 Å². The summed E-state index contributed by atoms with van der Waals surface area (Å²) < 4.78 is 9.22. The van der Waals surface area contributed by atoms with Crippen molar-refractivity contribution in [1.82, 2.24) is 4.23 Å². The zero-order chi connectivity index (χ0) is 20.3. The van der Waals surface area contributed by atoms with Crippen LogP contribution < -0.4 is 0 Å². The maximum atomic E-state index is 5.99. The van der Waals surface area contributed by atoms with E-state index >= 15 is 0 Å². The maximum Gasteiger partial charge on any atom is 0.196 e. The molecule has 0 aliphatic carbocycles. The van der Waals surface area contributed by atoms with Crippen LogP contribution in [0.25, 0.3) is 0 Å². The van der Waals surface area contributed by atoms with Crippen molar-refractivity contribution in [3.05, 3.63) is 0 Å². The van der Waals surface area contributed by atoms with Gasteiger partial charge in [-0.25, -0.2) is 0 Å². The molecule has 2 nitrogen and oxygen atoms in total. The van der Waals surface area contributed by atoms with Crippen LogP contribution in [0, 0.1) is 0 Å². The fourth-order valence-corrected chi connectivity index (χ4v) is 22.1. The molecule has 0 aromatic rings. The molecule has 0 saturated carbocycles. The van der Waals surface area contributed by atoms with Gasteiger partial charge in [0.25, 0.3) is 0 Å². The summed E-state index contributed by atoms with van der Waals surface area (Å²) in [5.74, 6) is 1.31. The van der Waals surface area contributed by atoms with E-state index in [1.807, 2.05) is 0 Å². The van der Waals surface area contributed by atoms with E-state index in [9.17, 15) is 0 Å². The molecular formula is C20H49NOSSi3. The van der Waals surface area contributed by atoms with Gasteiger partial charge in [0.1, 0.15) is 16.5 Å². The van der Waals surface area contributed by atoms with Gasteiger partial charge in [0.05, 0.1) is 0 Å². The van der Waals surface area contributed by atoms with E-state index in [4.69, 9.17) is 4.43 Å². The van der Waals surface area contributed by atoms with Gasteiger partial charge in [-0.2, -0.15) is 11.8 Å². The first-order valence-electron chi connectivity index (χ1n) is 11.3. The van der Waals surface area contributed by atoms with Crippen molar-refractivity contribution in [2.75, 3.05) is 24.3 Å². The van der Waals surface area contributed by atoms with Crippen LogP contribution in [0.5, 0.6) is 0 Å². The topological polar surface area (TPSA) is 12.5 Å². The Morgan fingerprint density at radius 2 is 1.15 bits per heavy atom. The Morgan fingerprint density at radius 1 is 0.731 bits per heavy atom. The average molecular weight is 436 g/mol. The van der Waals surface area contributed by atoms with Crippen molar-refractivity contribution in [2.24, 2.45) is 0 Å². The molecule has 0 N–H and O–H groups in total. The molecule has 0 aromatic heterocycles. The summed E-state index contributed by atoms with van der Waals surface area (Å²) in [5, 5.41) is 1.25. The molecule has 0 fully saturated rings. The number of hydrogen-bond donors (Lipinski definition) is 0. The summed E-state index contributed by atoms with van der Waals surface area (Å²) in [5.41, 5.74) is 0. The monoisotopic (exact) mass is 435 g/mol. The molecule has 0 bridgehead atoms. The van der Waals surface area contributed by atoms with Crippen LogP contribution in [0.3, 0.4) is 0 Å². The second kappa shape index (κ2) is 13.2. The molecular weight excluding hydrogens is 387 g/mol. The second-order valence-corrected chi connectivity index (χ2v) is 24.8. The van der Waals surface area contributed by atoms with Gasteiger partial charge in [-0.3, -0.25) is 0 Å². The van der Waals surface area contributed by atoms with Crippen LogP contribution in [0.1, 0.15) is 54.9 Å². The van der Waals surface area contributed by atoms with Crippen LogP contribution in [0.15, 0.2) is 0 Å². The minimum atomic E-state index is -1.43. The zero-order valence-electron chi connectivity index (χ0n) is 19.5. The van der Waals surface area contributed by atoms with Gasteiger partial charge in [0.2, 0.25) is 0 Å². The maximum absolute atomic E-state index is 5.99. The average Bonchev–Trinajstić information content (AvgIpc) is 2.64. The third-order valence-electron chi connectivity index (χ3n) is 6.75. The molecule has 158 valence electrons. The fourth-order valence-electron chi connectivity index (χ4n) is 4.70. The first-order valence-corrected chi connectivity index (χ1v) is 20.7. The smallest absolute Gasteiger partial charge is 0.196 e. The van der Waals surface area contributed by atoms with Crippen LogP contribution in [-0.2, 0) is 4.43 Å². The lowest BCUT2D eigenvalue weighted by atomic mass is 10.5. The standard InChI is InChI=1S/C20H49NOSSi3/c1-10-22-24(8,9)20-23-19-17-18-21(25(11-2,12-3)13-4)26(14-5,15-6)16-7/h10-20H2,1-9H3. The van der Waals surface area contributed by atoms with E-state index in [-0.39, 0.29) is 0 Å². The van der Waals surface area contributed by atoms with Gasteiger partial charge >= 0.3 is 0 Å². The Kier molecular flexibility index (Phi) is 13.7. The van der Waals surface area contributed by atoms with Gasteiger partial charge < -0.3 is 8.66 Å². The fraction of sp³-hybridized carbons (Fsp3) is 1.00. The Hall–Kier alpha value is 0.921. The van der Waals surface area contributed by atoms with E-state index in [0.29, 0.717) is 0 Å². The third kappa shape index (κ3) is 7.39. The Balaban J connectivity index is 5.05. The Bertz CT molecular complexity index is 324. The third-order valence-corrected chi connectivity index (χ3v) is 25.5. The number of nitrogens with zero attached hydrogens (tertiary/aromatic N) is 1. The van der Waals surface area contributed by atoms with Crippen molar-refractivity contribution in [1.29, 1.82) is 0 Å². The first kappa shape index (κ1) is 26.9. The van der Waals surface area contributed by atoms with Crippen molar-refractivity contribution in [3.8, 4) is 0 Å². The highest BCUT2D eigenvalue weighted by Crippen LogP contribution is 2.36. The SMILES string of the molecule is CCO[Si](C)(C)CSCCCN([Si](CC)(CC)CC)[Si](CC)(CC)CC. The van der Waals surface area contributed by atoms with Crippen LogP contribution in [-0.4, -0.2) is 53.3 Å². The van der Waals surface area contributed by atoms with Gasteiger partial charge in [0, 0.05) is 12.0 Å². The summed E-state index contributed by atoms with van der Waals surface area (Å²) in [7, 11) is -4.00. The minimum absolute atomic E-state index is 0.878. The quantitative estimate of drug-likeness (QED) is 0.188. The molecule has 0 atom stereocenters. The molecule has 6 heteroatoms. The highest BCUT2D eigenvalue weighted by Gasteiger charge is 2.45.